The zero-order chi connectivity index (χ0) is 12.6. The van der Waals surface area contributed by atoms with Gasteiger partial charge in [-0.3, -0.25) is 4.79 Å². The summed E-state index contributed by atoms with van der Waals surface area (Å²) in [4.78, 5) is 13.6. The average molecular weight is 232 g/mol. The number of aryl methyl sites for hydroxylation is 2. The van der Waals surface area contributed by atoms with Crippen molar-refractivity contribution >= 4 is 5.91 Å². The fourth-order valence-corrected chi connectivity index (χ4v) is 2.43. The molecule has 4 heteroatoms. The van der Waals surface area contributed by atoms with E-state index in [1.165, 1.54) is 0 Å². The molecular formula is C13H16N2O2. The molecule has 0 saturated carbocycles. The van der Waals surface area contributed by atoms with E-state index in [0.717, 1.165) is 17.1 Å². The number of likely N-dealkylation sites (tertiary alicyclic amines) is 1. The summed E-state index contributed by atoms with van der Waals surface area (Å²) in [6.45, 7) is 6.31. The van der Waals surface area contributed by atoms with Gasteiger partial charge >= 0.3 is 0 Å². The number of carbonyl (C=O) groups is 1. The van der Waals surface area contributed by atoms with Gasteiger partial charge in [0.05, 0.1) is 18.0 Å². The Bertz CT molecular complexity index is 484. The first-order valence-electron chi connectivity index (χ1n) is 5.79. The fourth-order valence-electron chi connectivity index (χ4n) is 2.43. The second kappa shape index (κ2) is 4.25. The molecule has 2 unspecified atom stereocenters. The summed E-state index contributed by atoms with van der Waals surface area (Å²) in [5.74, 6) is 1.59. The van der Waals surface area contributed by atoms with E-state index < -0.39 is 0 Å². The molecule has 0 N–H and O–H groups in total. The highest BCUT2D eigenvalue weighted by Crippen LogP contribution is 2.31. The Labute approximate surface area is 101 Å². The zero-order valence-corrected chi connectivity index (χ0v) is 10.4. The maximum atomic E-state index is 11.8. The molecule has 0 aliphatic carbocycles. The number of rotatable bonds is 2. The SMILES string of the molecule is Cc1cc(C(C)N2CC(C#N)CC2=O)c(C)o1. The van der Waals surface area contributed by atoms with Crippen LogP contribution in [0.15, 0.2) is 10.5 Å². The Morgan fingerprint density at radius 3 is 2.76 bits per heavy atom. The van der Waals surface area contributed by atoms with Gasteiger partial charge in [-0.1, -0.05) is 0 Å². The Balaban J connectivity index is 2.21. The van der Waals surface area contributed by atoms with E-state index >= 15 is 0 Å². The lowest BCUT2D eigenvalue weighted by atomic mass is 10.1. The zero-order valence-electron chi connectivity index (χ0n) is 10.4. The van der Waals surface area contributed by atoms with Crippen molar-refractivity contribution in [1.82, 2.24) is 4.90 Å². The molecule has 1 aromatic rings. The molecule has 2 heterocycles. The number of nitrogens with zero attached hydrogens (tertiary/aromatic N) is 2. The number of amides is 1. The normalized spacial score (nSPS) is 21.6. The van der Waals surface area contributed by atoms with Crippen molar-refractivity contribution in [1.29, 1.82) is 5.26 Å². The van der Waals surface area contributed by atoms with Crippen LogP contribution in [0.3, 0.4) is 0 Å². The Hall–Kier alpha value is -1.76. The lowest BCUT2D eigenvalue weighted by Crippen LogP contribution is -2.28. The van der Waals surface area contributed by atoms with Gasteiger partial charge in [0.2, 0.25) is 5.91 Å². The van der Waals surface area contributed by atoms with Crippen LogP contribution in [0.1, 0.15) is 36.5 Å². The van der Waals surface area contributed by atoms with E-state index in [1.807, 2.05) is 26.8 Å². The molecule has 0 bridgehead atoms. The fraction of sp³-hybridized carbons (Fsp3) is 0.538. The van der Waals surface area contributed by atoms with Gasteiger partial charge in [-0.2, -0.15) is 5.26 Å². The van der Waals surface area contributed by atoms with Crippen LogP contribution in [-0.4, -0.2) is 17.4 Å². The highest BCUT2D eigenvalue weighted by atomic mass is 16.3. The number of carbonyl (C=O) groups excluding carboxylic acids is 1. The molecule has 1 aliphatic heterocycles. The van der Waals surface area contributed by atoms with Crippen molar-refractivity contribution in [2.24, 2.45) is 5.92 Å². The molecule has 1 aliphatic rings. The maximum absolute atomic E-state index is 11.8. The molecule has 1 aromatic heterocycles. The second-order valence-electron chi connectivity index (χ2n) is 4.62. The first-order valence-corrected chi connectivity index (χ1v) is 5.79. The van der Waals surface area contributed by atoms with Gasteiger partial charge in [-0.05, 0) is 26.8 Å². The summed E-state index contributed by atoms with van der Waals surface area (Å²) in [5, 5.41) is 8.87. The summed E-state index contributed by atoms with van der Waals surface area (Å²) in [5.41, 5.74) is 1.04. The van der Waals surface area contributed by atoms with Crippen molar-refractivity contribution in [3.8, 4) is 6.07 Å². The first kappa shape index (κ1) is 11.7. The molecule has 1 saturated heterocycles. The van der Waals surface area contributed by atoms with Crippen LogP contribution in [0.25, 0.3) is 0 Å². The molecule has 2 atom stereocenters. The van der Waals surface area contributed by atoms with Gasteiger partial charge in [0.25, 0.3) is 0 Å². The number of hydrogen-bond donors (Lipinski definition) is 0. The summed E-state index contributed by atoms with van der Waals surface area (Å²) < 4.78 is 5.48. The third kappa shape index (κ3) is 2.05. The average Bonchev–Trinajstić information content (AvgIpc) is 2.81. The molecule has 0 radical (unpaired) electrons. The summed E-state index contributed by atoms with van der Waals surface area (Å²) in [6.07, 6.45) is 0.344. The van der Waals surface area contributed by atoms with Gasteiger partial charge < -0.3 is 9.32 Å². The Morgan fingerprint density at radius 1 is 1.59 bits per heavy atom. The Kier molecular flexibility index (Phi) is 2.93. The van der Waals surface area contributed by atoms with Crippen molar-refractivity contribution in [2.45, 2.75) is 33.2 Å². The minimum absolute atomic E-state index is 0.0155. The van der Waals surface area contributed by atoms with Crippen LogP contribution in [0, 0.1) is 31.1 Å². The van der Waals surface area contributed by atoms with Gasteiger partial charge in [-0.15, -0.1) is 0 Å². The Morgan fingerprint density at radius 2 is 2.29 bits per heavy atom. The highest BCUT2D eigenvalue weighted by molar-refractivity contribution is 5.79. The molecule has 1 amide bonds. The lowest BCUT2D eigenvalue weighted by molar-refractivity contribution is -0.129. The van der Waals surface area contributed by atoms with E-state index in [9.17, 15) is 4.79 Å². The van der Waals surface area contributed by atoms with Crippen molar-refractivity contribution in [3.05, 3.63) is 23.2 Å². The largest absolute Gasteiger partial charge is 0.466 e. The molecule has 90 valence electrons. The number of nitriles is 1. The number of hydrogen-bond acceptors (Lipinski definition) is 3. The van der Waals surface area contributed by atoms with Gasteiger partial charge in [0, 0.05) is 18.5 Å². The summed E-state index contributed by atoms with van der Waals surface area (Å²) in [7, 11) is 0. The smallest absolute Gasteiger partial charge is 0.224 e. The van der Waals surface area contributed by atoms with Crippen LogP contribution < -0.4 is 0 Å². The lowest BCUT2D eigenvalue weighted by Gasteiger charge is -2.23. The molecule has 1 fully saturated rings. The minimum Gasteiger partial charge on any atom is -0.466 e. The van der Waals surface area contributed by atoms with Crippen LogP contribution in [0.2, 0.25) is 0 Å². The van der Waals surface area contributed by atoms with Crippen molar-refractivity contribution < 1.29 is 9.21 Å². The first-order chi connectivity index (χ1) is 8.02. The molecule has 2 rings (SSSR count). The summed E-state index contributed by atoms with van der Waals surface area (Å²) >= 11 is 0. The molecule has 17 heavy (non-hydrogen) atoms. The molecule has 4 nitrogen and oxygen atoms in total. The highest BCUT2D eigenvalue weighted by Gasteiger charge is 2.34. The predicted molar refractivity (Wildman–Crippen MR) is 62.0 cm³/mol. The summed E-state index contributed by atoms with van der Waals surface area (Å²) in [6, 6.07) is 4.11. The van der Waals surface area contributed by atoms with Crippen LogP contribution in [-0.2, 0) is 4.79 Å². The van der Waals surface area contributed by atoms with E-state index in [-0.39, 0.29) is 17.9 Å². The van der Waals surface area contributed by atoms with E-state index in [1.54, 1.807) is 4.90 Å². The topological polar surface area (TPSA) is 57.2 Å². The van der Waals surface area contributed by atoms with Crippen LogP contribution >= 0.6 is 0 Å². The molecule has 0 spiro atoms. The van der Waals surface area contributed by atoms with Crippen LogP contribution in [0.5, 0.6) is 0 Å². The van der Waals surface area contributed by atoms with Gasteiger partial charge in [-0.25, -0.2) is 0 Å². The third-order valence-electron chi connectivity index (χ3n) is 3.34. The number of furan rings is 1. The standard InChI is InChI=1S/C13H16N2O2/c1-8-4-12(10(3)17-8)9(2)15-7-11(6-14)5-13(15)16/h4,9,11H,5,7H2,1-3H3. The molecular weight excluding hydrogens is 216 g/mol. The van der Waals surface area contributed by atoms with Gasteiger partial charge in [0.15, 0.2) is 0 Å². The second-order valence-corrected chi connectivity index (χ2v) is 4.62. The predicted octanol–water partition coefficient (Wildman–Crippen LogP) is 2.33. The molecule has 0 aromatic carbocycles. The van der Waals surface area contributed by atoms with E-state index in [4.69, 9.17) is 9.68 Å². The quantitative estimate of drug-likeness (QED) is 0.786. The van der Waals surface area contributed by atoms with Crippen molar-refractivity contribution in [3.63, 3.8) is 0 Å². The third-order valence-corrected chi connectivity index (χ3v) is 3.34. The van der Waals surface area contributed by atoms with Gasteiger partial charge in [0.1, 0.15) is 11.5 Å². The maximum Gasteiger partial charge on any atom is 0.224 e. The monoisotopic (exact) mass is 232 g/mol. The minimum atomic E-state index is -0.168. The van der Waals surface area contributed by atoms with E-state index in [0.29, 0.717) is 13.0 Å². The van der Waals surface area contributed by atoms with E-state index in [2.05, 4.69) is 6.07 Å². The van der Waals surface area contributed by atoms with Crippen molar-refractivity contribution in [2.75, 3.05) is 6.54 Å². The van der Waals surface area contributed by atoms with Crippen LogP contribution in [0.4, 0.5) is 0 Å².